The van der Waals surface area contributed by atoms with Crippen LogP contribution in [0.25, 0.3) is 0 Å². The van der Waals surface area contributed by atoms with E-state index in [0.717, 1.165) is 30.8 Å². The van der Waals surface area contributed by atoms with Crippen molar-refractivity contribution in [3.05, 3.63) is 11.6 Å². The Bertz CT molecular complexity index is 341. The summed E-state index contributed by atoms with van der Waals surface area (Å²) in [6.07, 6.45) is 6.28. The summed E-state index contributed by atoms with van der Waals surface area (Å²) in [5.41, 5.74) is 0. The van der Waals surface area contributed by atoms with E-state index < -0.39 is 0 Å². The lowest BCUT2D eigenvalue weighted by Crippen LogP contribution is -2.52. The van der Waals surface area contributed by atoms with E-state index in [1.807, 2.05) is 10.3 Å². The third kappa shape index (κ3) is 1.10. The van der Waals surface area contributed by atoms with Crippen molar-refractivity contribution in [2.45, 2.75) is 31.7 Å². The number of fused-ring (bicyclic) bond motifs is 3. The fourth-order valence-corrected chi connectivity index (χ4v) is 3.26. The average molecular weight is 208 g/mol. The van der Waals surface area contributed by atoms with E-state index in [2.05, 4.69) is 4.98 Å². The van der Waals surface area contributed by atoms with Gasteiger partial charge in [0.05, 0.1) is 0 Å². The normalized spacial score (nSPS) is 31.1. The Morgan fingerprint density at radius 1 is 1.36 bits per heavy atom. The Morgan fingerprint density at radius 2 is 2.14 bits per heavy atom. The largest absolute Gasteiger partial charge is 0.285 e. The molecule has 2 bridgehead atoms. The Hall–Kier alpha value is -0.900. The standard InChI is InChI=1S/C10H12N2OS/c13-9-7-1-3-8(4-2-7)12(9)10-11-5-6-14-10/h5-8H,1-4H2. The molecule has 2 saturated heterocycles. The van der Waals surface area contributed by atoms with Crippen LogP contribution in [0.4, 0.5) is 5.13 Å². The molecule has 4 rings (SSSR count). The van der Waals surface area contributed by atoms with Crippen molar-refractivity contribution < 1.29 is 4.79 Å². The minimum Gasteiger partial charge on any atom is -0.285 e. The van der Waals surface area contributed by atoms with Gasteiger partial charge in [-0.3, -0.25) is 9.69 Å². The second kappa shape index (κ2) is 3.05. The predicted molar refractivity (Wildman–Crippen MR) is 55.3 cm³/mol. The molecular weight excluding hydrogens is 196 g/mol. The van der Waals surface area contributed by atoms with Gasteiger partial charge in [-0.15, -0.1) is 11.3 Å². The van der Waals surface area contributed by atoms with Gasteiger partial charge in [0.1, 0.15) is 0 Å². The molecule has 3 heterocycles. The van der Waals surface area contributed by atoms with Crippen molar-refractivity contribution >= 4 is 22.4 Å². The molecule has 3 fully saturated rings. The third-order valence-electron chi connectivity index (χ3n) is 3.27. The molecule has 14 heavy (non-hydrogen) atoms. The zero-order chi connectivity index (χ0) is 9.54. The molecule has 0 N–H and O–H groups in total. The first-order valence-electron chi connectivity index (χ1n) is 5.09. The first kappa shape index (κ1) is 8.41. The number of hydrogen-bond donors (Lipinski definition) is 0. The summed E-state index contributed by atoms with van der Waals surface area (Å²) in [5.74, 6) is 0.589. The van der Waals surface area contributed by atoms with Crippen LogP contribution in [0, 0.1) is 5.92 Å². The Balaban J connectivity index is 1.96. The molecule has 1 amide bonds. The SMILES string of the molecule is O=C1C2CCC(CC2)N1c1nccs1. The third-order valence-corrected chi connectivity index (χ3v) is 4.04. The Labute approximate surface area is 86.8 Å². The molecule has 1 aromatic heterocycles. The first-order chi connectivity index (χ1) is 6.86. The number of aromatic nitrogens is 1. The molecule has 0 radical (unpaired) electrons. The maximum absolute atomic E-state index is 12.0. The van der Waals surface area contributed by atoms with E-state index in [9.17, 15) is 4.79 Å². The molecule has 2 aliphatic heterocycles. The van der Waals surface area contributed by atoms with Gasteiger partial charge >= 0.3 is 0 Å². The summed E-state index contributed by atoms with van der Waals surface area (Å²) in [6.45, 7) is 0. The first-order valence-corrected chi connectivity index (χ1v) is 5.97. The number of hydrogen-bond acceptors (Lipinski definition) is 3. The van der Waals surface area contributed by atoms with Crippen molar-refractivity contribution in [3.63, 3.8) is 0 Å². The van der Waals surface area contributed by atoms with Crippen LogP contribution in [0.3, 0.4) is 0 Å². The van der Waals surface area contributed by atoms with Crippen molar-refractivity contribution in [2.75, 3.05) is 4.90 Å². The van der Waals surface area contributed by atoms with Crippen LogP contribution in [0.15, 0.2) is 11.6 Å². The summed E-state index contributed by atoms with van der Waals surface area (Å²) < 4.78 is 0. The highest BCUT2D eigenvalue weighted by atomic mass is 32.1. The second-order valence-corrected chi connectivity index (χ2v) is 4.90. The summed E-state index contributed by atoms with van der Waals surface area (Å²) in [4.78, 5) is 18.1. The van der Waals surface area contributed by atoms with Gasteiger partial charge in [-0.25, -0.2) is 4.98 Å². The maximum Gasteiger partial charge on any atom is 0.232 e. The van der Waals surface area contributed by atoms with Gasteiger partial charge in [0, 0.05) is 23.5 Å². The van der Waals surface area contributed by atoms with Crippen LogP contribution in [-0.2, 0) is 4.79 Å². The van der Waals surface area contributed by atoms with E-state index in [-0.39, 0.29) is 5.92 Å². The monoisotopic (exact) mass is 208 g/mol. The van der Waals surface area contributed by atoms with Crippen LogP contribution in [-0.4, -0.2) is 16.9 Å². The number of thiazole rings is 1. The highest BCUT2D eigenvalue weighted by Crippen LogP contribution is 2.39. The minimum atomic E-state index is 0.281. The fraction of sp³-hybridized carbons (Fsp3) is 0.600. The van der Waals surface area contributed by atoms with Crippen LogP contribution < -0.4 is 4.90 Å². The number of piperidine rings is 2. The van der Waals surface area contributed by atoms with Crippen LogP contribution in [0.2, 0.25) is 0 Å². The van der Waals surface area contributed by atoms with E-state index in [1.165, 1.54) is 0 Å². The number of nitrogens with zero attached hydrogens (tertiary/aromatic N) is 2. The zero-order valence-corrected chi connectivity index (χ0v) is 8.67. The molecule has 4 heteroatoms. The fourth-order valence-electron chi connectivity index (χ4n) is 2.54. The molecule has 74 valence electrons. The number of carbonyl (C=O) groups excluding carboxylic acids is 1. The average Bonchev–Trinajstić information content (AvgIpc) is 2.72. The lowest BCUT2D eigenvalue weighted by Gasteiger charge is -2.43. The Morgan fingerprint density at radius 3 is 2.71 bits per heavy atom. The van der Waals surface area contributed by atoms with E-state index in [0.29, 0.717) is 11.9 Å². The summed E-state index contributed by atoms with van der Waals surface area (Å²) in [5, 5.41) is 2.83. The molecule has 0 unspecified atom stereocenters. The molecule has 1 aliphatic carbocycles. The van der Waals surface area contributed by atoms with Gasteiger partial charge in [-0.2, -0.15) is 0 Å². The molecule has 1 aromatic rings. The number of amides is 1. The van der Waals surface area contributed by atoms with Gasteiger partial charge in [0.25, 0.3) is 0 Å². The molecule has 1 saturated carbocycles. The molecule has 3 nitrogen and oxygen atoms in total. The van der Waals surface area contributed by atoms with Crippen molar-refractivity contribution in [1.82, 2.24) is 4.98 Å². The van der Waals surface area contributed by atoms with Gasteiger partial charge < -0.3 is 0 Å². The second-order valence-electron chi connectivity index (χ2n) is 4.03. The smallest absolute Gasteiger partial charge is 0.232 e. The quantitative estimate of drug-likeness (QED) is 0.707. The lowest BCUT2D eigenvalue weighted by atomic mass is 9.79. The minimum absolute atomic E-state index is 0.281. The van der Waals surface area contributed by atoms with E-state index >= 15 is 0 Å². The van der Waals surface area contributed by atoms with Gasteiger partial charge in [-0.05, 0) is 25.7 Å². The highest BCUT2D eigenvalue weighted by molar-refractivity contribution is 7.13. The number of anilines is 1. The van der Waals surface area contributed by atoms with Crippen LogP contribution >= 0.6 is 11.3 Å². The summed E-state index contributed by atoms with van der Waals surface area (Å²) in [6, 6.07) is 0.429. The molecular formula is C10H12N2OS. The molecule has 0 atom stereocenters. The van der Waals surface area contributed by atoms with Crippen molar-refractivity contribution in [2.24, 2.45) is 5.92 Å². The molecule has 3 aliphatic rings. The topological polar surface area (TPSA) is 33.2 Å². The van der Waals surface area contributed by atoms with Crippen molar-refractivity contribution in [1.29, 1.82) is 0 Å². The van der Waals surface area contributed by atoms with Gasteiger partial charge in [0.15, 0.2) is 5.13 Å². The van der Waals surface area contributed by atoms with Crippen LogP contribution in [0.1, 0.15) is 25.7 Å². The number of carbonyl (C=O) groups is 1. The van der Waals surface area contributed by atoms with Gasteiger partial charge in [-0.1, -0.05) is 0 Å². The van der Waals surface area contributed by atoms with E-state index in [1.54, 1.807) is 17.5 Å². The highest BCUT2D eigenvalue weighted by Gasteiger charge is 2.41. The van der Waals surface area contributed by atoms with E-state index in [4.69, 9.17) is 0 Å². The van der Waals surface area contributed by atoms with Crippen LogP contribution in [0.5, 0.6) is 0 Å². The predicted octanol–water partition coefficient (Wildman–Crippen LogP) is 2.05. The number of rotatable bonds is 1. The lowest BCUT2D eigenvalue weighted by molar-refractivity contribution is -0.126. The summed E-state index contributed by atoms with van der Waals surface area (Å²) in [7, 11) is 0. The van der Waals surface area contributed by atoms with Gasteiger partial charge in [0.2, 0.25) is 5.91 Å². The van der Waals surface area contributed by atoms with Crippen molar-refractivity contribution in [3.8, 4) is 0 Å². The zero-order valence-electron chi connectivity index (χ0n) is 7.85. The molecule has 0 spiro atoms. The summed E-state index contributed by atoms with van der Waals surface area (Å²) >= 11 is 1.57. The molecule has 0 aromatic carbocycles. The Kier molecular flexibility index (Phi) is 1.83. The maximum atomic E-state index is 12.0.